The Balaban J connectivity index is 2.07. The number of halogens is 3. The van der Waals surface area contributed by atoms with Crippen LogP contribution in [0.25, 0.3) is 0 Å². The predicted molar refractivity (Wildman–Crippen MR) is 58.9 cm³/mol. The second-order valence-corrected chi connectivity index (χ2v) is 5.11. The molecule has 1 atom stereocenters. The van der Waals surface area contributed by atoms with Crippen LogP contribution in [0.15, 0.2) is 0 Å². The van der Waals surface area contributed by atoms with Gasteiger partial charge in [-0.05, 0) is 12.8 Å². The Hall–Kier alpha value is -1.38. The van der Waals surface area contributed by atoms with Gasteiger partial charge in [-0.1, -0.05) is 11.3 Å². The molecule has 18 heavy (non-hydrogen) atoms. The molecule has 1 aromatic rings. The summed E-state index contributed by atoms with van der Waals surface area (Å²) in [6.45, 7) is 0.149. The first-order valence-electron chi connectivity index (χ1n) is 5.33. The molecule has 0 saturated carbocycles. The van der Waals surface area contributed by atoms with Crippen molar-refractivity contribution in [2.45, 2.75) is 24.9 Å². The summed E-state index contributed by atoms with van der Waals surface area (Å²) in [5, 5.41) is 8.32. The van der Waals surface area contributed by atoms with E-state index in [1.165, 1.54) is 0 Å². The number of alkyl halides is 3. The Kier molecular flexibility index (Phi) is 3.42. The van der Waals surface area contributed by atoms with Gasteiger partial charge >= 0.3 is 12.1 Å². The molecule has 0 aromatic carbocycles. The van der Waals surface area contributed by atoms with Crippen LogP contribution in [0, 0.1) is 0 Å². The quantitative estimate of drug-likeness (QED) is 0.843. The highest BCUT2D eigenvalue weighted by Gasteiger charge is 2.44. The fraction of sp³-hybridized carbons (Fsp3) is 0.667. The zero-order valence-electron chi connectivity index (χ0n) is 9.28. The molecule has 1 unspecified atom stereocenters. The van der Waals surface area contributed by atoms with Gasteiger partial charge < -0.3 is 10.6 Å². The van der Waals surface area contributed by atoms with Crippen molar-refractivity contribution in [3.63, 3.8) is 0 Å². The molecule has 100 valence electrons. The number of hydrogen-bond acceptors (Lipinski definition) is 5. The third kappa shape index (κ3) is 2.71. The zero-order chi connectivity index (χ0) is 13.3. The van der Waals surface area contributed by atoms with E-state index < -0.39 is 12.1 Å². The number of anilines is 1. The first kappa shape index (κ1) is 13.1. The minimum Gasteiger partial charge on any atom is -0.374 e. The van der Waals surface area contributed by atoms with Gasteiger partial charge in [0, 0.05) is 19.0 Å². The highest BCUT2D eigenvalue weighted by atomic mass is 32.1. The third-order valence-electron chi connectivity index (χ3n) is 2.76. The SMILES string of the molecule is Nc1nnc(C2CCCN(C(=O)C(F)(F)F)C2)s1. The summed E-state index contributed by atoms with van der Waals surface area (Å²) in [5.41, 5.74) is 5.43. The Morgan fingerprint density at radius 3 is 2.72 bits per heavy atom. The number of nitrogen functional groups attached to an aromatic ring is 1. The number of amides is 1. The lowest BCUT2D eigenvalue weighted by Crippen LogP contribution is -2.45. The van der Waals surface area contributed by atoms with Crippen LogP contribution in [-0.2, 0) is 4.79 Å². The summed E-state index contributed by atoms with van der Waals surface area (Å²) in [6, 6.07) is 0. The minimum atomic E-state index is -4.82. The molecule has 2 rings (SSSR count). The molecule has 2 N–H and O–H groups in total. The van der Waals surface area contributed by atoms with Crippen LogP contribution in [0.3, 0.4) is 0 Å². The topological polar surface area (TPSA) is 72.1 Å². The maximum absolute atomic E-state index is 12.3. The lowest BCUT2D eigenvalue weighted by molar-refractivity contribution is -0.186. The first-order valence-corrected chi connectivity index (χ1v) is 6.14. The molecule has 0 radical (unpaired) electrons. The summed E-state index contributed by atoms with van der Waals surface area (Å²) in [6.07, 6.45) is -3.61. The van der Waals surface area contributed by atoms with Crippen LogP contribution >= 0.6 is 11.3 Å². The van der Waals surface area contributed by atoms with Crippen molar-refractivity contribution in [1.29, 1.82) is 0 Å². The second-order valence-electron chi connectivity index (χ2n) is 4.07. The maximum atomic E-state index is 12.3. The van der Waals surface area contributed by atoms with Crippen molar-refractivity contribution in [1.82, 2.24) is 15.1 Å². The molecule has 1 amide bonds. The van der Waals surface area contributed by atoms with Crippen molar-refractivity contribution in [2.24, 2.45) is 0 Å². The molecule has 9 heteroatoms. The van der Waals surface area contributed by atoms with Gasteiger partial charge in [-0.3, -0.25) is 4.79 Å². The van der Waals surface area contributed by atoms with Crippen LogP contribution in [0.2, 0.25) is 0 Å². The normalized spacial score (nSPS) is 21.1. The molecule has 1 saturated heterocycles. The van der Waals surface area contributed by atoms with Gasteiger partial charge in [-0.25, -0.2) is 0 Å². The number of piperidine rings is 1. The molecule has 2 heterocycles. The molecule has 1 fully saturated rings. The Morgan fingerprint density at radius 1 is 1.44 bits per heavy atom. The molecule has 1 aliphatic heterocycles. The van der Waals surface area contributed by atoms with Crippen LogP contribution in [0.1, 0.15) is 23.8 Å². The van der Waals surface area contributed by atoms with E-state index in [1.807, 2.05) is 0 Å². The monoisotopic (exact) mass is 280 g/mol. The molecular weight excluding hydrogens is 269 g/mol. The zero-order valence-corrected chi connectivity index (χ0v) is 10.1. The molecule has 0 aliphatic carbocycles. The standard InChI is InChI=1S/C9H11F3N4OS/c10-9(11,12)7(17)16-3-1-2-5(4-16)6-14-15-8(13)18-6/h5H,1-4H2,(H2,13,15). The molecular formula is C9H11F3N4OS. The van der Waals surface area contributed by atoms with Crippen LogP contribution in [-0.4, -0.2) is 40.3 Å². The summed E-state index contributed by atoms with van der Waals surface area (Å²) in [4.78, 5) is 12.0. The van der Waals surface area contributed by atoms with E-state index in [4.69, 9.17) is 5.73 Å². The van der Waals surface area contributed by atoms with Gasteiger partial charge in [0.05, 0.1) is 0 Å². The van der Waals surface area contributed by atoms with E-state index in [-0.39, 0.29) is 24.1 Å². The summed E-state index contributed by atoms with van der Waals surface area (Å²) in [5.74, 6) is -2.00. The largest absolute Gasteiger partial charge is 0.471 e. The predicted octanol–water partition coefficient (Wildman–Crippen LogP) is 1.39. The Labute approximate surface area is 105 Å². The van der Waals surface area contributed by atoms with Gasteiger partial charge in [0.25, 0.3) is 0 Å². The van der Waals surface area contributed by atoms with Crippen molar-refractivity contribution in [2.75, 3.05) is 18.8 Å². The van der Waals surface area contributed by atoms with Gasteiger partial charge in [0.2, 0.25) is 5.13 Å². The highest BCUT2D eigenvalue weighted by molar-refractivity contribution is 7.15. The van der Waals surface area contributed by atoms with Crippen molar-refractivity contribution in [3.05, 3.63) is 5.01 Å². The van der Waals surface area contributed by atoms with E-state index in [2.05, 4.69) is 10.2 Å². The third-order valence-corrected chi connectivity index (χ3v) is 3.67. The summed E-state index contributed by atoms with van der Waals surface area (Å²) < 4.78 is 37.0. The average Bonchev–Trinajstić information content (AvgIpc) is 2.74. The summed E-state index contributed by atoms with van der Waals surface area (Å²) in [7, 11) is 0. The summed E-state index contributed by atoms with van der Waals surface area (Å²) >= 11 is 1.15. The Bertz CT molecular complexity index is 447. The van der Waals surface area contributed by atoms with Crippen LogP contribution in [0.4, 0.5) is 18.3 Å². The van der Waals surface area contributed by atoms with Crippen molar-refractivity contribution >= 4 is 22.4 Å². The van der Waals surface area contributed by atoms with Gasteiger partial charge in [0.15, 0.2) is 0 Å². The number of carbonyl (C=O) groups excluding carboxylic acids is 1. The lowest BCUT2D eigenvalue weighted by atomic mass is 9.99. The number of carbonyl (C=O) groups is 1. The number of aromatic nitrogens is 2. The molecule has 0 bridgehead atoms. The number of likely N-dealkylation sites (tertiary alicyclic amines) is 1. The number of rotatable bonds is 1. The van der Waals surface area contributed by atoms with Crippen LogP contribution < -0.4 is 5.73 Å². The number of nitrogens with zero attached hydrogens (tertiary/aromatic N) is 3. The minimum absolute atomic E-state index is 0.0208. The molecule has 0 spiro atoms. The van der Waals surface area contributed by atoms with Crippen LogP contribution in [0.5, 0.6) is 0 Å². The van der Waals surface area contributed by atoms with E-state index in [1.54, 1.807) is 0 Å². The van der Waals surface area contributed by atoms with Gasteiger partial charge in [-0.15, -0.1) is 10.2 Å². The molecule has 5 nitrogen and oxygen atoms in total. The first-order chi connectivity index (χ1) is 8.38. The van der Waals surface area contributed by atoms with Crippen molar-refractivity contribution in [3.8, 4) is 0 Å². The fourth-order valence-corrected chi connectivity index (χ4v) is 2.69. The lowest BCUT2D eigenvalue weighted by Gasteiger charge is -2.31. The van der Waals surface area contributed by atoms with E-state index >= 15 is 0 Å². The number of hydrogen-bond donors (Lipinski definition) is 1. The smallest absolute Gasteiger partial charge is 0.374 e. The van der Waals surface area contributed by atoms with Gasteiger partial charge in [-0.2, -0.15) is 13.2 Å². The number of nitrogens with two attached hydrogens (primary N) is 1. The maximum Gasteiger partial charge on any atom is 0.471 e. The van der Waals surface area contributed by atoms with Crippen molar-refractivity contribution < 1.29 is 18.0 Å². The molecule has 1 aliphatic rings. The fourth-order valence-electron chi connectivity index (χ4n) is 1.95. The second kappa shape index (κ2) is 4.71. The van der Waals surface area contributed by atoms with E-state index in [0.717, 1.165) is 16.2 Å². The van der Waals surface area contributed by atoms with E-state index in [0.29, 0.717) is 17.8 Å². The van der Waals surface area contributed by atoms with Gasteiger partial charge in [0.1, 0.15) is 5.01 Å². The average molecular weight is 280 g/mol. The Morgan fingerprint density at radius 2 is 2.17 bits per heavy atom. The highest BCUT2D eigenvalue weighted by Crippen LogP contribution is 2.31. The van der Waals surface area contributed by atoms with E-state index in [9.17, 15) is 18.0 Å². The molecule has 1 aromatic heterocycles.